The van der Waals surface area contributed by atoms with Gasteiger partial charge in [-0.25, -0.2) is 9.97 Å². The maximum Gasteiger partial charge on any atom is 0.235 e. The van der Waals surface area contributed by atoms with Crippen LogP contribution in [0, 0.1) is 0 Å². The Kier molecular flexibility index (Phi) is 6.93. The second-order valence-electron chi connectivity index (χ2n) is 16.0. The Morgan fingerprint density at radius 2 is 0.883 bits per heavy atom. The summed E-state index contributed by atoms with van der Waals surface area (Å²) in [5.74, 6) is 0.648. The van der Waals surface area contributed by atoms with Gasteiger partial charge in [-0.2, -0.15) is 0 Å². The van der Waals surface area contributed by atoms with Gasteiger partial charge in [0, 0.05) is 27.5 Å². The Morgan fingerprint density at radius 1 is 0.367 bits per heavy atom. The molecular formula is C57H35N3. The van der Waals surface area contributed by atoms with Crippen molar-refractivity contribution >= 4 is 32.6 Å². The molecule has 60 heavy (non-hydrogen) atoms. The van der Waals surface area contributed by atoms with E-state index < -0.39 is 5.41 Å². The number of nitrogens with zero attached hydrogens (tertiary/aromatic N) is 3. The molecule has 11 aromatic rings. The largest absolute Gasteiger partial charge is 0.278 e. The van der Waals surface area contributed by atoms with Crippen LogP contribution < -0.4 is 0 Å². The van der Waals surface area contributed by atoms with Crippen molar-refractivity contribution in [3.63, 3.8) is 0 Å². The number of hydrogen-bond donors (Lipinski definition) is 0. The first kappa shape index (κ1) is 33.1. The predicted molar refractivity (Wildman–Crippen MR) is 246 cm³/mol. The summed E-state index contributed by atoms with van der Waals surface area (Å²) in [6.07, 6.45) is 0. The van der Waals surface area contributed by atoms with Crippen LogP contribution in [0.5, 0.6) is 0 Å². The standard InChI is InChI=1S/C57H35N3/c1-4-18-36(19-5-1)39-32-33-44-48(34-39)57(46-29-15-12-24-40(46)41-25-13-16-30-47(41)57)54-52(44)42-26-10-11-27-43(42)53-45-28-14-17-31-51(45)60(55(53)54)56-58-49(37-20-6-2-7-21-37)35-50(59-56)38-22-8-3-9-23-38/h1-35H. The van der Waals surface area contributed by atoms with Crippen LogP contribution in [-0.4, -0.2) is 14.5 Å². The normalized spacial score (nSPS) is 13.1. The van der Waals surface area contributed by atoms with Crippen LogP contribution in [0.25, 0.3) is 94.4 Å². The van der Waals surface area contributed by atoms with E-state index in [0.717, 1.165) is 33.5 Å². The van der Waals surface area contributed by atoms with Crippen LogP contribution in [-0.2, 0) is 5.41 Å². The highest BCUT2D eigenvalue weighted by Gasteiger charge is 2.54. The number of aromatic nitrogens is 3. The number of fused-ring (bicyclic) bond motifs is 17. The minimum Gasteiger partial charge on any atom is -0.278 e. The van der Waals surface area contributed by atoms with Crippen molar-refractivity contribution < 1.29 is 0 Å². The van der Waals surface area contributed by atoms with Gasteiger partial charge in [0.05, 0.1) is 27.8 Å². The maximum absolute atomic E-state index is 5.54. The average molecular weight is 762 g/mol. The van der Waals surface area contributed by atoms with Crippen molar-refractivity contribution in [2.24, 2.45) is 0 Å². The van der Waals surface area contributed by atoms with Crippen molar-refractivity contribution in [1.29, 1.82) is 0 Å². The monoisotopic (exact) mass is 761 g/mol. The van der Waals surface area contributed by atoms with Gasteiger partial charge in [-0.1, -0.05) is 194 Å². The summed E-state index contributed by atoms with van der Waals surface area (Å²) < 4.78 is 2.39. The number of rotatable bonds is 4. The minimum absolute atomic E-state index is 0.643. The molecule has 13 rings (SSSR count). The summed E-state index contributed by atoms with van der Waals surface area (Å²) in [5.41, 5.74) is 18.1. The third-order valence-corrected chi connectivity index (χ3v) is 13.0. The molecule has 0 fully saturated rings. The summed E-state index contributed by atoms with van der Waals surface area (Å²) in [6.45, 7) is 0. The lowest BCUT2D eigenvalue weighted by Crippen LogP contribution is -2.27. The van der Waals surface area contributed by atoms with E-state index in [4.69, 9.17) is 9.97 Å². The molecule has 2 aliphatic rings. The third-order valence-electron chi connectivity index (χ3n) is 13.0. The number of benzene rings is 9. The van der Waals surface area contributed by atoms with Gasteiger partial charge in [-0.15, -0.1) is 0 Å². The summed E-state index contributed by atoms with van der Waals surface area (Å²) in [6, 6.07) is 77.2. The Balaban J connectivity index is 1.26. The van der Waals surface area contributed by atoms with E-state index in [0.29, 0.717) is 5.95 Å². The summed E-state index contributed by atoms with van der Waals surface area (Å²) in [7, 11) is 0. The first-order valence-electron chi connectivity index (χ1n) is 20.7. The van der Waals surface area contributed by atoms with E-state index in [1.54, 1.807) is 0 Å². The smallest absolute Gasteiger partial charge is 0.235 e. The first-order valence-corrected chi connectivity index (χ1v) is 20.7. The molecule has 0 atom stereocenters. The molecule has 1 spiro atoms. The van der Waals surface area contributed by atoms with Crippen molar-refractivity contribution in [2.45, 2.75) is 5.41 Å². The van der Waals surface area contributed by atoms with Gasteiger partial charge in [-0.3, -0.25) is 4.57 Å². The van der Waals surface area contributed by atoms with Crippen LogP contribution >= 0.6 is 0 Å². The quantitative estimate of drug-likeness (QED) is 0.179. The van der Waals surface area contributed by atoms with E-state index in [2.05, 4.69) is 217 Å². The van der Waals surface area contributed by atoms with Gasteiger partial charge in [0.1, 0.15) is 0 Å². The van der Waals surface area contributed by atoms with Crippen LogP contribution in [0.4, 0.5) is 0 Å². The topological polar surface area (TPSA) is 30.7 Å². The van der Waals surface area contributed by atoms with Gasteiger partial charge in [0.25, 0.3) is 0 Å². The second kappa shape index (κ2) is 12.6. The highest BCUT2D eigenvalue weighted by Crippen LogP contribution is 2.66. The Labute approximate surface area is 347 Å². The van der Waals surface area contributed by atoms with Crippen molar-refractivity contribution in [3.8, 4) is 61.8 Å². The van der Waals surface area contributed by atoms with E-state index >= 15 is 0 Å². The molecule has 278 valence electrons. The number of para-hydroxylation sites is 1. The molecule has 0 saturated heterocycles. The summed E-state index contributed by atoms with van der Waals surface area (Å²) in [4.78, 5) is 11.1. The molecule has 0 unspecified atom stereocenters. The summed E-state index contributed by atoms with van der Waals surface area (Å²) in [5, 5.41) is 4.86. The van der Waals surface area contributed by atoms with Crippen molar-refractivity contribution in [1.82, 2.24) is 14.5 Å². The lowest BCUT2D eigenvalue weighted by molar-refractivity contribution is 0.796. The molecule has 0 N–H and O–H groups in total. The van der Waals surface area contributed by atoms with E-state index in [1.165, 1.54) is 77.2 Å². The molecule has 3 heteroatoms. The molecule has 3 nitrogen and oxygen atoms in total. The average Bonchev–Trinajstić information content (AvgIpc) is 3.94. The van der Waals surface area contributed by atoms with Gasteiger partial charge in [0.15, 0.2) is 0 Å². The molecule has 0 amide bonds. The third kappa shape index (κ3) is 4.44. The van der Waals surface area contributed by atoms with Crippen molar-refractivity contribution in [3.05, 3.63) is 235 Å². The Bertz CT molecular complexity index is 3430. The molecular weight excluding hydrogens is 727 g/mol. The zero-order chi connectivity index (χ0) is 39.4. The predicted octanol–water partition coefficient (Wildman–Crippen LogP) is 14.1. The zero-order valence-electron chi connectivity index (χ0n) is 32.5. The van der Waals surface area contributed by atoms with Crippen LogP contribution in [0.2, 0.25) is 0 Å². The lowest BCUT2D eigenvalue weighted by atomic mass is 9.69. The van der Waals surface area contributed by atoms with Gasteiger partial charge < -0.3 is 0 Å². The lowest BCUT2D eigenvalue weighted by Gasteiger charge is -2.32. The fourth-order valence-electron chi connectivity index (χ4n) is 10.6. The minimum atomic E-state index is -0.643. The molecule has 9 aromatic carbocycles. The molecule has 0 aliphatic heterocycles. The van der Waals surface area contributed by atoms with Crippen LogP contribution in [0.15, 0.2) is 212 Å². The fraction of sp³-hybridized carbons (Fsp3) is 0.0175. The van der Waals surface area contributed by atoms with E-state index in [1.807, 2.05) is 0 Å². The van der Waals surface area contributed by atoms with E-state index in [-0.39, 0.29) is 0 Å². The van der Waals surface area contributed by atoms with Crippen LogP contribution in [0.1, 0.15) is 22.3 Å². The molecule has 0 radical (unpaired) electrons. The SMILES string of the molecule is c1ccc(-c2ccc3c(c2)C2(c4ccccc4-c4ccccc42)c2c-3c3ccccc3c3c4ccccc4n(-c4nc(-c5ccccc5)cc(-c5ccccc5)n4)c23)cc1. The highest BCUT2D eigenvalue weighted by molar-refractivity contribution is 6.27. The zero-order valence-corrected chi connectivity index (χ0v) is 32.5. The Hall–Kier alpha value is -7.88. The Morgan fingerprint density at radius 3 is 1.52 bits per heavy atom. The summed E-state index contributed by atoms with van der Waals surface area (Å²) >= 11 is 0. The first-order chi connectivity index (χ1) is 29.8. The van der Waals surface area contributed by atoms with Gasteiger partial charge in [-0.05, 0) is 79.0 Å². The number of hydrogen-bond acceptors (Lipinski definition) is 2. The molecule has 0 saturated carbocycles. The van der Waals surface area contributed by atoms with Crippen molar-refractivity contribution in [2.75, 3.05) is 0 Å². The van der Waals surface area contributed by atoms with E-state index in [9.17, 15) is 0 Å². The molecule has 2 aromatic heterocycles. The van der Waals surface area contributed by atoms with Crippen LogP contribution in [0.3, 0.4) is 0 Å². The molecule has 2 heterocycles. The fourth-order valence-corrected chi connectivity index (χ4v) is 10.6. The maximum atomic E-state index is 5.54. The highest BCUT2D eigenvalue weighted by atomic mass is 15.2. The second-order valence-corrected chi connectivity index (χ2v) is 16.0. The molecule has 0 bridgehead atoms. The molecule has 2 aliphatic carbocycles. The van der Waals surface area contributed by atoms with Gasteiger partial charge >= 0.3 is 0 Å². The van der Waals surface area contributed by atoms with Gasteiger partial charge in [0.2, 0.25) is 5.95 Å².